The van der Waals surface area contributed by atoms with Crippen molar-refractivity contribution in [2.24, 2.45) is 5.92 Å². The Labute approximate surface area is 182 Å². The van der Waals surface area contributed by atoms with E-state index in [0.29, 0.717) is 42.1 Å². The summed E-state index contributed by atoms with van der Waals surface area (Å²) in [7, 11) is 0. The molecule has 31 heavy (non-hydrogen) atoms. The number of piperidine rings is 1. The molecular formula is C22H21N5O3S. The minimum absolute atomic E-state index is 0.00769. The molecule has 3 aromatic heterocycles. The Morgan fingerprint density at radius 2 is 2.16 bits per heavy atom. The van der Waals surface area contributed by atoms with Crippen molar-refractivity contribution in [2.45, 2.75) is 25.8 Å². The molecule has 0 saturated carbocycles. The lowest BCUT2D eigenvalue weighted by atomic mass is 9.94. The van der Waals surface area contributed by atoms with Gasteiger partial charge in [0.2, 0.25) is 17.6 Å². The molecule has 158 valence electrons. The third-order valence-electron chi connectivity index (χ3n) is 5.62. The van der Waals surface area contributed by atoms with Crippen molar-refractivity contribution in [2.75, 3.05) is 13.1 Å². The third kappa shape index (κ3) is 4.13. The van der Waals surface area contributed by atoms with Gasteiger partial charge in [-0.15, -0.1) is 0 Å². The fourth-order valence-corrected chi connectivity index (χ4v) is 4.65. The first-order valence-electron chi connectivity index (χ1n) is 10.2. The third-order valence-corrected chi connectivity index (χ3v) is 6.30. The molecule has 4 aromatic rings. The van der Waals surface area contributed by atoms with Crippen LogP contribution in [-0.2, 0) is 17.8 Å². The molecule has 5 rings (SSSR count). The summed E-state index contributed by atoms with van der Waals surface area (Å²) in [6, 6.07) is 9.12. The maximum atomic E-state index is 12.9. The Morgan fingerprint density at radius 3 is 3.03 bits per heavy atom. The standard InChI is InChI=1S/C22H21N5O3S/c28-20(12-27-14-23-18-6-2-1-5-17(18)22(27)29)26-8-3-4-15(11-26)10-19-24-21(25-30-19)16-7-9-31-13-16/h1-2,5-7,9,13-15H,3-4,8,10-12H2/t15-/m0/s1. The lowest BCUT2D eigenvalue weighted by Gasteiger charge is -2.32. The van der Waals surface area contributed by atoms with Crippen LogP contribution in [0.1, 0.15) is 18.7 Å². The van der Waals surface area contributed by atoms with Gasteiger partial charge in [-0.2, -0.15) is 16.3 Å². The van der Waals surface area contributed by atoms with Crippen molar-refractivity contribution in [3.05, 3.63) is 63.7 Å². The highest BCUT2D eigenvalue weighted by molar-refractivity contribution is 7.08. The molecule has 1 fully saturated rings. The second-order valence-corrected chi connectivity index (χ2v) is 8.55. The molecule has 1 aliphatic rings. The molecule has 0 radical (unpaired) electrons. The molecular weight excluding hydrogens is 414 g/mol. The zero-order chi connectivity index (χ0) is 21.2. The Kier molecular flexibility index (Phi) is 5.33. The van der Waals surface area contributed by atoms with Crippen LogP contribution in [0.15, 0.2) is 56.7 Å². The first kappa shape index (κ1) is 19.6. The maximum absolute atomic E-state index is 12.9. The van der Waals surface area contributed by atoms with E-state index in [1.54, 1.807) is 29.5 Å². The first-order valence-corrected chi connectivity index (χ1v) is 11.2. The van der Waals surface area contributed by atoms with E-state index in [0.717, 1.165) is 18.4 Å². The molecule has 1 amide bonds. The molecule has 0 N–H and O–H groups in total. The van der Waals surface area contributed by atoms with Gasteiger partial charge in [0.1, 0.15) is 6.54 Å². The average Bonchev–Trinajstić information content (AvgIpc) is 3.48. The summed E-state index contributed by atoms with van der Waals surface area (Å²) in [6.07, 6.45) is 4.00. The number of fused-ring (bicyclic) bond motifs is 1. The topological polar surface area (TPSA) is 94.1 Å². The van der Waals surface area contributed by atoms with Gasteiger partial charge in [-0.1, -0.05) is 17.3 Å². The molecule has 1 atom stereocenters. The summed E-state index contributed by atoms with van der Waals surface area (Å²) in [6.45, 7) is 1.30. The smallest absolute Gasteiger partial charge is 0.261 e. The van der Waals surface area contributed by atoms with E-state index in [4.69, 9.17) is 4.52 Å². The maximum Gasteiger partial charge on any atom is 0.261 e. The number of hydrogen-bond donors (Lipinski definition) is 0. The summed E-state index contributed by atoms with van der Waals surface area (Å²) in [5.74, 6) is 1.37. The highest BCUT2D eigenvalue weighted by Crippen LogP contribution is 2.23. The summed E-state index contributed by atoms with van der Waals surface area (Å²) >= 11 is 1.59. The normalized spacial score (nSPS) is 16.6. The monoisotopic (exact) mass is 435 g/mol. The van der Waals surface area contributed by atoms with Crippen LogP contribution >= 0.6 is 11.3 Å². The number of nitrogens with zero attached hydrogens (tertiary/aromatic N) is 5. The van der Waals surface area contributed by atoms with E-state index in [1.807, 2.05) is 27.8 Å². The fourth-order valence-electron chi connectivity index (χ4n) is 4.02. The Bertz CT molecular complexity index is 1260. The van der Waals surface area contributed by atoms with Crippen LogP contribution in [0, 0.1) is 5.92 Å². The second-order valence-electron chi connectivity index (χ2n) is 7.77. The number of thiophene rings is 1. The zero-order valence-electron chi connectivity index (χ0n) is 16.8. The second kappa shape index (κ2) is 8.43. The van der Waals surface area contributed by atoms with E-state index < -0.39 is 0 Å². The van der Waals surface area contributed by atoms with E-state index in [-0.39, 0.29) is 23.9 Å². The van der Waals surface area contributed by atoms with E-state index in [9.17, 15) is 9.59 Å². The summed E-state index contributed by atoms with van der Waals surface area (Å²) < 4.78 is 6.81. The number of likely N-dealkylation sites (tertiary alicyclic amines) is 1. The molecule has 0 bridgehead atoms. The van der Waals surface area contributed by atoms with Gasteiger partial charge in [0.25, 0.3) is 5.56 Å². The van der Waals surface area contributed by atoms with E-state index in [1.165, 1.54) is 10.9 Å². The molecule has 8 nitrogen and oxygen atoms in total. The number of aromatic nitrogens is 4. The SMILES string of the molecule is O=C(Cn1cnc2ccccc2c1=O)N1CCC[C@@H](Cc2nc(-c3ccsc3)no2)C1. The van der Waals surface area contributed by atoms with E-state index >= 15 is 0 Å². The largest absolute Gasteiger partial charge is 0.341 e. The van der Waals surface area contributed by atoms with Gasteiger partial charge < -0.3 is 9.42 Å². The molecule has 0 aliphatic carbocycles. The number of carbonyl (C=O) groups excluding carboxylic acids is 1. The molecule has 1 aromatic carbocycles. The van der Waals surface area contributed by atoms with Gasteiger partial charge in [-0.3, -0.25) is 14.2 Å². The fraction of sp³-hybridized carbons (Fsp3) is 0.318. The molecule has 1 saturated heterocycles. The van der Waals surface area contributed by atoms with E-state index in [2.05, 4.69) is 15.1 Å². The van der Waals surface area contributed by atoms with Gasteiger partial charge in [-0.25, -0.2) is 4.98 Å². The number of amides is 1. The van der Waals surface area contributed by atoms with Gasteiger partial charge in [-0.05, 0) is 42.3 Å². The first-order chi connectivity index (χ1) is 15.2. The number of carbonyl (C=O) groups is 1. The highest BCUT2D eigenvalue weighted by atomic mass is 32.1. The predicted octanol–water partition coefficient (Wildman–Crippen LogP) is 2.99. The van der Waals surface area contributed by atoms with Crippen LogP contribution in [0.5, 0.6) is 0 Å². The number of para-hydroxylation sites is 1. The lowest BCUT2D eigenvalue weighted by molar-refractivity contribution is -0.133. The molecule has 1 aliphatic heterocycles. The molecule has 0 unspecified atom stereocenters. The number of hydrogen-bond acceptors (Lipinski definition) is 7. The van der Waals surface area contributed by atoms with Crippen molar-refractivity contribution in [1.82, 2.24) is 24.6 Å². The highest BCUT2D eigenvalue weighted by Gasteiger charge is 2.26. The number of rotatable bonds is 5. The summed E-state index contributed by atoms with van der Waals surface area (Å²) in [4.78, 5) is 36.2. The quantitative estimate of drug-likeness (QED) is 0.478. The average molecular weight is 436 g/mol. The van der Waals surface area contributed by atoms with Gasteiger partial charge >= 0.3 is 0 Å². The van der Waals surface area contributed by atoms with Gasteiger partial charge in [0.15, 0.2) is 0 Å². The minimum Gasteiger partial charge on any atom is -0.341 e. The van der Waals surface area contributed by atoms with Crippen LogP contribution in [0.3, 0.4) is 0 Å². The van der Waals surface area contributed by atoms with Gasteiger partial charge in [0, 0.05) is 30.5 Å². The Hall–Kier alpha value is -3.33. The zero-order valence-corrected chi connectivity index (χ0v) is 17.6. The van der Waals surface area contributed by atoms with Crippen LogP contribution in [0.4, 0.5) is 0 Å². The van der Waals surface area contributed by atoms with Crippen molar-refractivity contribution in [1.29, 1.82) is 0 Å². The summed E-state index contributed by atoms with van der Waals surface area (Å²) in [5, 5.41) is 8.55. The molecule has 0 spiro atoms. The molecule has 9 heteroatoms. The van der Waals surface area contributed by atoms with Crippen molar-refractivity contribution < 1.29 is 9.32 Å². The van der Waals surface area contributed by atoms with Crippen LogP contribution in [-0.4, -0.2) is 43.6 Å². The predicted molar refractivity (Wildman–Crippen MR) is 117 cm³/mol. The van der Waals surface area contributed by atoms with Crippen molar-refractivity contribution >= 4 is 28.1 Å². The number of benzene rings is 1. The van der Waals surface area contributed by atoms with Crippen LogP contribution in [0.25, 0.3) is 22.3 Å². The lowest BCUT2D eigenvalue weighted by Crippen LogP contribution is -2.43. The van der Waals surface area contributed by atoms with Crippen LogP contribution < -0.4 is 5.56 Å². The summed E-state index contributed by atoms with van der Waals surface area (Å²) in [5.41, 5.74) is 1.39. The van der Waals surface area contributed by atoms with Crippen molar-refractivity contribution in [3.8, 4) is 11.4 Å². The molecule has 4 heterocycles. The minimum atomic E-state index is -0.195. The Balaban J connectivity index is 1.25. The Morgan fingerprint density at radius 1 is 1.26 bits per heavy atom. The van der Waals surface area contributed by atoms with Gasteiger partial charge in [0.05, 0.1) is 17.2 Å². The van der Waals surface area contributed by atoms with Crippen LogP contribution in [0.2, 0.25) is 0 Å². The van der Waals surface area contributed by atoms with Crippen molar-refractivity contribution in [3.63, 3.8) is 0 Å².